The molecule has 0 bridgehead atoms. The summed E-state index contributed by atoms with van der Waals surface area (Å²) in [4.78, 5) is 12.0. The molecule has 0 rings (SSSR count). The highest BCUT2D eigenvalue weighted by molar-refractivity contribution is 6.62. The molecule has 0 aromatic carbocycles. The largest absolute Gasteiger partial charge is 0.332 e. The van der Waals surface area contributed by atoms with Crippen LogP contribution in [0, 0.1) is 0 Å². The second kappa shape index (κ2) is 5.54. The molecule has 0 aromatic rings. The van der Waals surface area contributed by atoms with Gasteiger partial charge in [0.1, 0.15) is 0 Å². The van der Waals surface area contributed by atoms with Crippen LogP contribution in [-0.4, -0.2) is 23.9 Å². The molecule has 0 aliphatic heterocycles. The lowest BCUT2D eigenvalue weighted by Crippen LogP contribution is -2.21. The van der Waals surface area contributed by atoms with Crippen molar-refractivity contribution in [2.75, 3.05) is 13.6 Å². The summed E-state index contributed by atoms with van der Waals surface area (Å²) >= 11 is 5.19. The molecule has 0 atom stereocenters. The van der Waals surface area contributed by atoms with Crippen molar-refractivity contribution in [3.8, 4) is 0 Å². The van der Waals surface area contributed by atoms with Crippen LogP contribution in [0.3, 0.4) is 0 Å². The monoisotopic (exact) mass is 163 g/mol. The van der Waals surface area contributed by atoms with Gasteiger partial charge in [-0.05, 0) is 18.0 Å². The smallest absolute Gasteiger partial charge is 0.316 e. The van der Waals surface area contributed by atoms with Crippen LogP contribution in [0.4, 0.5) is 4.79 Å². The summed E-state index contributed by atoms with van der Waals surface area (Å²) in [6.45, 7) is 2.90. The van der Waals surface area contributed by atoms with E-state index in [4.69, 9.17) is 11.6 Å². The lowest BCUT2D eigenvalue weighted by molar-refractivity contribution is 0.231. The zero-order chi connectivity index (χ0) is 7.98. The van der Waals surface area contributed by atoms with Gasteiger partial charge >= 0.3 is 5.37 Å². The fourth-order valence-electron chi connectivity index (χ4n) is 0.687. The van der Waals surface area contributed by atoms with Gasteiger partial charge in [-0.15, -0.1) is 0 Å². The number of carbonyl (C=O) groups excluding carboxylic acids is 1. The van der Waals surface area contributed by atoms with E-state index >= 15 is 0 Å². The summed E-state index contributed by atoms with van der Waals surface area (Å²) in [5.74, 6) is 0. The third-order valence-corrected chi connectivity index (χ3v) is 1.69. The summed E-state index contributed by atoms with van der Waals surface area (Å²) in [5, 5.41) is -0.365. The van der Waals surface area contributed by atoms with Crippen LogP contribution in [0.15, 0.2) is 0 Å². The Balaban J connectivity index is 3.21. The average Bonchev–Trinajstić information content (AvgIpc) is 1.88. The molecule has 60 valence electrons. The van der Waals surface area contributed by atoms with E-state index < -0.39 is 0 Å². The van der Waals surface area contributed by atoms with Crippen LogP contribution < -0.4 is 0 Å². The van der Waals surface area contributed by atoms with E-state index in [0.717, 1.165) is 19.4 Å². The molecule has 0 spiro atoms. The molecule has 0 fully saturated rings. The minimum atomic E-state index is -0.365. The van der Waals surface area contributed by atoms with Crippen molar-refractivity contribution in [1.82, 2.24) is 4.90 Å². The fourth-order valence-corrected chi connectivity index (χ4v) is 0.771. The molecule has 0 saturated heterocycles. The Kier molecular flexibility index (Phi) is 5.40. The van der Waals surface area contributed by atoms with Crippen molar-refractivity contribution < 1.29 is 4.79 Å². The summed E-state index contributed by atoms with van der Waals surface area (Å²) in [6, 6.07) is 0. The van der Waals surface area contributed by atoms with E-state index in [-0.39, 0.29) is 5.37 Å². The van der Waals surface area contributed by atoms with Crippen LogP contribution in [0.2, 0.25) is 0 Å². The molecule has 0 aliphatic rings. The molecule has 0 radical (unpaired) electrons. The predicted molar refractivity (Wildman–Crippen MR) is 43.4 cm³/mol. The first-order chi connectivity index (χ1) is 4.68. The van der Waals surface area contributed by atoms with Crippen LogP contribution in [0.1, 0.15) is 26.2 Å². The number of hydrogen-bond acceptors (Lipinski definition) is 1. The summed E-state index contributed by atoms with van der Waals surface area (Å²) in [7, 11) is 1.71. The molecule has 0 N–H and O–H groups in total. The quantitative estimate of drug-likeness (QED) is 0.354. The highest BCUT2D eigenvalue weighted by Gasteiger charge is 2.01. The topological polar surface area (TPSA) is 20.3 Å². The number of carbonyl (C=O) groups is 1. The van der Waals surface area contributed by atoms with E-state index in [2.05, 4.69) is 6.92 Å². The first kappa shape index (κ1) is 9.76. The highest BCUT2D eigenvalue weighted by atomic mass is 35.5. The van der Waals surface area contributed by atoms with Gasteiger partial charge in [-0.2, -0.15) is 0 Å². The first-order valence-corrected chi connectivity index (χ1v) is 3.97. The molecule has 0 aliphatic carbocycles. The Hall–Kier alpha value is -0.240. The molecule has 3 heteroatoms. The zero-order valence-corrected chi connectivity index (χ0v) is 7.32. The SMILES string of the molecule is CCCCCN(C)C(=O)Cl. The molecule has 0 aromatic heterocycles. The number of hydrogen-bond donors (Lipinski definition) is 0. The number of halogens is 1. The molecule has 10 heavy (non-hydrogen) atoms. The van der Waals surface area contributed by atoms with E-state index in [1.54, 1.807) is 7.05 Å². The van der Waals surface area contributed by atoms with Gasteiger partial charge in [-0.1, -0.05) is 19.8 Å². The molecule has 0 saturated carbocycles. The Labute approximate surface area is 67.2 Å². The zero-order valence-electron chi connectivity index (χ0n) is 6.56. The first-order valence-electron chi connectivity index (χ1n) is 3.59. The van der Waals surface area contributed by atoms with Gasteiger partial charge in [0.15, 0.2) is 0 Å². The molecular weight excluding hydrogens is 150 g/mol. The number of amides is 1. The van der Waals surface area contributed by atoms with Crippen molar-refractivity contribution in [3.05, 3.63) is 0 Å². The van der Waals surface area contributed by atoms with Gasteiger partial charge in [0.2, 0.25) is 0 Å². The normalized spacial score (nSPS) is 9.50. The standard InChI is InChI=1S/C7H14ClNO/c1-3-4-5-6-9(2)7(8)10/h3-6H2,1-2H3. The van der Waals surface area contributed by atoms with E-state index in [0.29, 0.717) is 0 Å². The number of unbranched alkanes of at least 4 members (excludes halogenated alkanes) is 2. The third kappa shape index (κ3) is 4.62. The molecule has 0 unspecified atom stereocenters. The van der Waals surface area contributed by atoms with Gasteiger partial charge in [-0.3, -0.25) is 4.79 Å². The summed E-state index contributed by atoms with van der Waals surface area (Å²) in [5.41, 5.74) is 0. The Bertz CT molecular complexity index is 106. The van der Waals surface area contributed by atoms with Gasteiger partial charge in [0, 0.05) is 13.6 Å². The fraction of sp³-hybridized carbons (Fsp3) is 0.857. The summed E-state index contributed by atoms with van der Waals surface area (Å²) in [6.07, 6.45) is 3.38. The Morgan fingerprint density at radius 3 is 2.50 bits per heavy atom. The number of rotatable bonds is 4. The molecular formula is C7H14ClNO. The minimum Gasteiger partial charge on any atom is -0.332 e. The second-order valence-electron chi connectivity index (χ2n) is 2.38. The third-order valence-electron chi connectivity index (χ3n) is 1.40. The van der Waals surface area contributed by atoms with Crippen molar-refractivity contribution >= 4 is 17.0 Å². The maximum Gasteiger partial charge on any atom is 0.316 e. The van der Waals surface area contributed by atoms with Crippen molar-refractivity contribution in [2.45, 2.75) is 26.2 Å². The Morgan fingerprint density at radius 2 is 2.10 bits per heavy atom. The molecule has 1 amide bonds. The lowest BCUT2D eigenvalue weighted by Gasteiger charge is -2.11. The van der Waals surface area contributed by atoms with Gasteiger partial charge in [-0.25, -0.2) is 0 Å². The summed E-state index contributed by atoms with van der Waals surface area (Å²) < 4.78 is 0. The minimum absolute atomic E-state index is 0.365. The van der Waals surface area contributed by atoms with Crippen LogP contribution in [0.5, 0.6) is 0 Å². The molecule has 2 nitrogen and oxygen atoms in total. The van der Waals surface area contributed by atoms with E-state index in [1.807, 2.05) is 0 Å². The highest BCUT2D eigenvalue weighted by Crippen LogP contribution is 1.98. The van der Waals surface area contributed by atoms with E-state index in [1.165, 1.54) is 11.3 Å². The van der Waals surface area contributed by atoms with Gasteiger partial charge < -0.3 is 4.90 Å². The lowest BCUT2D eigenvalue weighted by atomic mass is 10.2. The van der Waals surface area contributed by atoms with Crippen LogP contribution in [0.25, 0.3) is 0 Å². The maximum atomic E-state index is 10.4. The predicted octanol–water partition coefficient (Wildman–Crippen LogP) is 2.47. The van der Waals surface area contributed by atoms with Crippen LogP contribution in [-0.2, 0) is 0 Å². The van der Waals surface area contributed by atoms with Gasteiger partial charge in [0.05, 0.1) is 0 Å². The molecule has 0 heterocycles. The number of nitrogens with zero attached hydrogens (tertiary/aromatic N) is 1. The maximum absolute atomic E-state index is 10.4. The Morgan fingerprint density at radius 1 is 1.50 bits per heavy atom. The average molecular weight is 164 g/mol. The van der Waals surface area contributed by atoms with E-state index in [9.17, 15) is 4.79 Å². The van der Waals surface area contributed by atoms with Crippen LogP contribution >= 0.6 is 11.6 Å². The van der Waals surface area contributed by atoms with Crippen molar-refractivity contribution in [1.29, 1.82) is 0 Å². The van der Waals surface area contributed by atoms with Crippen molar-refractivity contribution in [2.24, 2.45) is 0 Å². The second-order valence-corrected chi connectivity index (χ2v) is 2.70. The van der Waals surface area contributed by atoms with Crippen molar-refractivity contribution in [3.63, 3.8) is 0 Å². The van der Waals surface area contributed by atoms with Gasteiger partial charge in [0.25, 0.3) is 0 Å².